The molecule has 1 aliphatic heterocycles. The van der Waals surface area contributed by atoms with Gasteiger partial charge in [-0.15, -0.1) is 0 Å². The lowest BCUT2D eigenvalue weighted by Gasteiger charge is -2.47. The Morgan fingerprint density at radius 1 is 1.26 bits per heavy atom. The fourth-order valence-corrected chi connectivity index (χ4v) is 3.67. The highest BCUT2D eigenvalue weighted by molar-refractivity contribution is 6.04. The number of hydrogen-bond donors (Lipinski definition) is 3. The van der Waals surface area contributed by atoms with Gasteiger partial charge in [0, 0.05) is 24.8 Å². The number of amides is 2. The second-order valence-corrected chi connectivity index (χ2v) is 6.13. The molecule has 23 heavy (non-hydrogen) atoms. The van der Waals surface area contributed by atoms with Crippen LogP contribution in [0.2, 0.25) is 0 Å². The van der Waals surface area contributed by atoms with E-state index in [2.05, 4.69) is 20.8 Å². The number of para-hydroxylation sites is 1. The van der Waals surface area contributed by atoms with E-state index in [1.54, 1.807) is 0 Å². The van der Waals surface area contributed by atoms with Crippen LogP contribution in [0.1, 0.15) is 23.8 Å². The van der Waals surface area contributed by atoms with Crippen LogP contribution < -0.4 is 10.6 Å². The summed E-state index contributed by atoms with van der Waals surface area (Å²) in [6, 6.07) is 7.22. The van der Waals surface area contributed by atoms with Gasteiger partial charge >= 0.3 is 0 Å². The standard InChI is InChI=1S/C16H18N4O3/c1-8(21)17-14-12(10-6-7-23-15(10)14)18-16(22)13-9-4-2-3-5-11(9)19-20-13/h2-5,10,12,14-15H,6-7H2,1H3,(H,17,21)(H,18,22)(H,19,20)/t10-,12+,14-,15-/m1/s1. The first-order valence-corrected chi connectivity index (χ1v) is 7.78. The van der Waals surface area contributed by atoms with Crippen LogP contribution in [0, 0.1) is 5.92 Å². The Bertz CT molecular complexity index is 772. The molecule has 4 atom stereocenters. The van der Waals surface area contributed by atoms with Gasteiger partial charge in [0.05, 0.1) is 23.7 Å². The summed E-state index contributed by atoms with van der Waals surface area (Å²) in [5, 5.41) is 13.7. The number of carbonyl (C=O) groups excluding carboxylic acids is 2. The average molecular weight is 314 g/mol. The van der Waals surface area contributed by atoms with Gasteiger partial charge in [-0.05, 0) is 12.5 Å². The molecule has 1 aliphatic carbocycles. The van der Waals surface area contributed by atoms with Crippen molar-refractivity contribution in [1.82, 2.24) is 20.8 Å². The van der Waals surface area contributed by atoms with E-state index < -0.39 is 0 Å². The Morgan fingerprint density at radius 2 is 2.09 bits per heavy atom. The first kappa shape index (κ1) is 14.2. The van der Waals surface area contributed by atoms with Crippen LogP contribution in [0.5, 0.6) is 0 Å². The van der Waals surface area contributed by atoms with Gasteiger partial charge in [-0.25, -0.2) is 0 Å². The zero-order valence-corrected chi connectivity index (χ0v) is 12.7. The van der Waals surface area contributed by atoms with Crippen LogP contribution in [0.3, 0.4) is 0 Å². The maximum atomic E-state index is 12.6. The largest absolute Gasteiger partial charge is 0.376 e. The third-order valence-corrected chi connectivity index (χ3v) is 4.74. The molecule has 0 unspecified atom stereocenters. The zero-order valence-electron chi connectivity index (χ0n) is 12.7. The second-order valence-electron chi connectivity index (χ2n) is 6.13. The molecule has 1 saturated heterocycles. The molecule has 2 heterocycles. The number of carbonyl (C=O) groups is 2. The van der Waals surface area contributed by atoms with Crippen molar-refractivity contribution in [2.75, 3.05) is 6.61 Å². The smallest absolute Gasteiger partial charge is 0.272 e. The van der Waals surface area contributed by atoms with Crippen molar-refractivity contribution in [1.29, 1.82) is 0 Å². The third-order valence-electron chi connectivity index (χ3n) is 4.74. The number of fused-ring (bicyclic) bond motifs is 2. The predicted octanol–water partition coefficient (Wildman–Crippen LogP) is 0.585. The Hall–Kier alpha value is -2.41. The van der Waals surface area contributed by atoms with Gasteiger partial charge in [0.15, 0.2) is 5.69 Å². The SMILES string of the molecule is CC(=O)N[C@@H]1[C@@H](NC(=O)c2n[nH]c3ccccc23)[C@H]2CCO[C@H]21. The normalized spacial score (nSPS) is 28.9. The minimum Gasteiger partial charge on any atom is -0.376 e. The molecule has 0 spiro atoms. The summed E-state index contributed by atoms with van der Waals surface area (Å²) in [4.78, 5) is 24.0. The van der Waals surface area contributed by atoms with Crippen molar-refractivity contribution in [2.24, 2.45) is 5.92 Å². The summed E-state index contributed by atoms with van der Waals surface area (Å²) < 4.78 is 5.65. The van der Waals surface area contributed by atoms with E-state index in [0.717, 1.165) is 17.3 Å². The molecule has 1 saturated carbocycles. The molecule has 2 fully saturated rings. The van der Waals surface area contributed by atoms with Crippen molar-refractivity contribution < 1.29 is 14.3 Å². The maximum absolute atomic E-state index is 12.6. The van der Waals surface area contributed by atoms with Crippen molar-refractivity contribution in [3.63, 3.8) is 0 Å². The highest BCUT2D eigenvalue weighted by Gasteiger charge is 2.55. The van der Waals surface area contributed by atoms with Crippen LogP contribution in [0.25, 0.3) is 10.9 Å². The molecule has 0 radical (unpaired) electrons. The Balaban J connectivity index is 1.54. The molecule has 4 rings (SSSR count). The summed E-state index contributed by atoms with van der Waals surface area (Å²) in [5.74, 6) is -0.0948. The highest BCUT2D eigenvalue weighted by atomic mass is 16.5. The molecular weight excluding hydrogens is 296 g/mol. The Labute approximate surface area is 132 Å². The minimum absolute atomic E-state index is 0.000119. The molecule has 2 aliphatic rings. The predicted molar refractivity (Wildman–Crippen MR) is 82.8 cm³/mol. The van der Waals surface area contributed by atoms with E-state index in [9.17, 15) is 9.59 Å². The number of nitrogens with one attached hydrogen (secondary N) is 3. The fourth-order valence-electron chi connectivity index (χ4n) is 3.67. The lowest BCUT2D eigenvalue weighted by atomic mass is 9.71. The number of ether oxygens (including phenoxy) is 1. The summed E-state index contributed by atoms with van der Waals surface area (Å²) in [6.07, 6.45) is 0.896. The van der Waals surface area contributed by atoms with E-state index in [0.29, 0.717) is 12.3 Å². The van der Waals surface area contributed by atoms with E-state index in [4.69, 9.17) is 4.74 Å². The van der Waals surface area contributed by atoms with E-state index >= 15 is 0 Å². The van der Waals surface area contributed by atoms with Crippen LogP contribution in [-0.4, -0.2) is 46.8 Å². The number of aromatic nitrogens is 2. The van der Waals surface area contributed by atoms with E-state index in [1.165, 1.54) is 6.92 Å². The first-order valence-electron chi connectivity index (χ1n) is 7.78. The van der Waals surface area contributed by atoms with Gasteiger partial charge in [-0.3, -0.25) is 14.7 Å². The fraction of sp³-hybridized carbons (Fsp3) is 0.438. The van der Waals surface area contributed by atoms with E-state index in [1.807, 2.05) is 24.3 Å². The Kier molecular flexibility index (Phi) is 3.30. The molecule has 7 nitrogen and oxygen atoms in total. The molecule has 0 bridgehead atoms. The molecule has 1 aromatic carbocycles. The topological polar surface area (TPSA) is 96.1 Å². The molecule has 1 aromatic heterocycles. The summed E-state index contributed by atoms with van der Waals surface area (Å²) in [7, 11) is 0. The number of H-pyrrole nitrogens is 1. The van der Waals surface area contributed by atoms with Crippen LogP contribution in [-0.2, 0) is 9.53 Å². The highest BCUT2D eigenvalue weighted by Crippen LogP contribution is 2.39. The first-order chi connectivity index (χ1) is 11.1. The average Bonchev–Trinajstić information content (AvgIpc) is 3.15. The monoisotopic (exact) mass is 314 g/mol. The van der Waals surface area contributed by atoms with Crippen LogP contribution in [0.4, 0.5) is 0 Å². The van der Waals surface area contributed by atoms with Gasteiger partial charge in [-0.1, -0.05) is 18.2 Å². The van der Waals surface area contributed by atoms with Crippen molar-refractivity contribution in [2.45, 2.75) is 31.5 Å². The zero-order chi connectivity index (χ0) is 16.0. The summed E-state index contributed by atoms with van der Waals surface area (Å²) in [5.41, 5.74) is 1.20. The van der Waals surface area contributed by atoms with Crippen molar-refractivity contribution >= 4 is 22.7 Å². The number of hydrogen-bond acceptors (Lipinski definition) is 4. The van der Waals surface area contributed by atoms with Gasteiger partial charge in [-0.2, -0.15) is 5.10 Å². The van der Waals surface area contributed by atoms with Crippen molar-refractivity contribution in [3.8, 4) is 0 Å². The molecule has 2 amide bonds. The van der Waals surface area contributed by atoms with Crippen LogP contribution in [0.15, 0.2) is 24.3 Å². The molecule has 7 heteroatoms. The van der Waals surface area contributed by atoms with Crippen molar-refractivity contribution in [3.05, 3.63) is 30.0 Å². The number of rotatable bonds is 3. The minimum atomic E-state index is -0.229. The molecule has 120 valence electrons. The van der Waals surface area contributed by atoms with Gasteiger partial charge in [0.25, 0.3) is 5.91 Å². The maximum Gasteiger partial charge on any atom is 0.272 e. The summed E-state index contributed by atoms with van der Waals surface area (Å²) >= 11 is 0. The number of aromatic amines is 1. The number of nitrogens with zero attached hydrogens (tertiary/aromatic N) is 1. The number of benzene rings is 1. The quantitative estimate of drug-likeness (QED) is 0.772. The lowest BCUT2D eigenvalue weighted by Crippen LogP contribution is -2.70. The van der Waals surface area contributed by atoms with Gasteiger partial charge in [0.1, 0.15) is 0 Å². The van der Waals surface area contributed by atoms with Gasteiger partial charge in [0.2, 0.25) is 5.91 Å². The van der Waals surface area contributed by atoms with E-state index in [-0.39, 0.29) is 35.9 Å². The van der Waals surface area contributed by atoms with Crippen LogP contribution >= 0.6 is 0 Å². The molecular formula is C16H18N4O3. The summed E-state index contributed by atoms with van der Waals surface area (Å²) in [6.45, 7) is 2.14. The third kappa shape index (κ3) is 2.28. The second kappa shape index (κ2) is 5.34. The van der Waals surface area contributed by atoms with Gasteiger partial charge < -0.3 is 15.4 Å². The molecule has 3 N–H and O–H groups in total. The Morgan fingerprint density at radius 3 is 2.91 bits per heavy atom. The molecule has 2 aromatic rings. The lowest BCUT2D eigenvalue weighted by molar-refractivity contribution is -0.123.